The Balaban J connectivity index is 1.59. The highest BCUT2D eigenvalue weighted by Crippen LogP contribution is 2.46. The number of ether oxygens (including phenoxy) is 2. The third kappa shape index (κ3) is 2.85. The van der Waals surface area contributed by atoms with Gasteiger partial charge in [-0.2, -0.15) is 0 Å². The Kier molecular flexibility index (Phi) is 3.55. The van der Waals surface area contributed by atoms with Crippen molar-refractivity contribution in [3.63, 3.8) is 0 Å². The number of carbonyl (C=O) groups excluding carboxylic acids is 1. The van der Waals surface area contributed by atoms with E-state index >= 15 is 0 Å². The summed E-state index contributed by atoms with van der Waals surface area (Å²) in [5, 5.41) is 11.7. The Hall–Kier alpha value is -2.08. The zero-order valence-electron chi connectivity index (χ0n) is 11.5. The molecule has 0 spiro atoms. The summed E-state index contributed by atoms with van der Waals surface area (Å²) < 4.78 is 11.0. The molecule has 0 radical (unpaired) electrons. The molecule has 1 aliphatic heterocycles. The molecular weight excluding hydrogens is 274 g/mol. The van der Waals surface area contributed by atoms with Crippen molar-refractivity contribution in [1.29, 1.82) is 0 Å². The lowest BCUT2D eigenvalue weighted by atomic mass is 10.1. The topological polar surface area (TPSA) is 84.9 Å². The average molecular weight is 291 g/mol. The van der Waals surface area contributed by atoms with Crippen LogP contribution < -0.4 is 10.1 Å². The molecule has 1 heterocycles. The summed E-state index contributed by atoms with van der Waals surface area (Å²) in [5.74, 6) is -0.795. The van der Waals surface area contributed by atoms with Gasteiger partial charge in [0.15, 0.2) is 0 Å². The Morgan fingerprint density at radius 2 is 2.00 bits per heavy atom. The fourth-order valence-corrected chi connectivity index (χ4v) is 2.33. The molecule has 1 amide bonds. The monoisotopic (exact) mass is 291 g/mol. The van der Waals surface area contributed by atoms with Gasteiger partial charge < -0.3 is 19.9 Å². The third-order valence-electron chi connectivity index (χ3n) is 3.90. The Labute approximate surface area is 122 Å². The molecule has 0 bridgehead atoms. The molecule has 0 aromatic heterocycles. The van der Waals surface area contributed by atoms with E-state index in [1.807, 2.05) is 0 Å². The first-order chi connectivity index (χ1) is 10.1. The summed E-state index contributed by atoms with van der Waals surface area (Å²) in [6.45, 7) is 1.32. The maximum Gasteiger partial charge on any atom is 0.319 e. The van der Waals surface area contributed by atoms with Gasteiger partial charge in [0.25, 0.3) is 0 Å². The van der Waals surface area contributed by atoms with Crippen molar-refractivity contribution >= 4 is 17.6 Å². The second-order valence-electron chi connectivity index (χ2n) is 5.47. The summed E-state index contributed by atoms with van der Waals surface area (Å²) in [6.07, 6.45) is 1.75. The zero-order valence-corrected chi connectivity index (χ0v) is 11.5. The van der Waals surface area contributed by atoms with Crippen molar-refractivity contribution in [2.45, 2.75) is 25.4 Å². The highest BCUT2D eigenvalue weighted by molar-refractivity contribution is 6.10. The number of hydrogen-bond acceptors (Lipinski definition) is 4. The summed E-state index contributed by atoms with van der Waals surface area (Å²) >= 11 is 0. The maximum absolute atomic E-state index is 12.0. The Morgan fingerprint density at radius 3 is 2.52 bits per heavy atom. The van der Waals surface area contributed by atoms with E-state index in [1.54, 1.807) is 24.3 Å². The van der Waals surface area contributed by atoms with Gasteiger partial charge in [-0.15, -0.1) is 0 Å². The highest BCUT2D eigenvalue weighted by atomic mass is 16.5. The SMILES string of the molecule is O=C(O)C1(C(=O)Nc2ccc(OC3CCOC3)cc2)CC1. The Morgan fingerprint density at radius 1 is 1.29 bits per heavy atom. The van der Waals surface area contributed by atoms with Crippen LogP contribution in [0.3, 0.4) is 0 Å². The molecule has 1 aromatic rings. The number of amides is 1. The number of anilines is 1. The minimum Gasteiger partial charge on any atom is -0.488 e. The van der Waals surface area contributed by atoms with E-state index < -0.39 is 17.3 Å². The summed E-state index contributed by atoms with van der Waals surface area (Å²) in [7, 11) is 0. The van der Waals surface area contributed by atoms with Crippen molar-refractivity contribution in [2.75, 3.05) is 18.5 Å². The van der Waals surface area contributed by atoms with Crippen molar-refractivity contribution in [1.82, 2.24) is 0 Å². The first-order valence-electron chi connectivity index (χ1n) is 6.99. The third-order valence-corrected chi connectivity index (χ3v) is 3.90. The minimum atomic E-state index is -1.23. The lowest BCUT2D eigenvalue weighted by molar-refractivity contribution is -0.147. The van der Waals surface area contributed by atoms with E-state index in [9.17, 15) is 9.59 Å². The van der Waals surface area contributed by atoms with Gasteiger partial charge in [0.1, 0.15) is 17.3 Å². The quantitative estimate of drug-likeness (QED) is 0.806. The van der Waals surface area contributed by atoms with Gasteiger partial charge in [0, 0.05) is 12.1 Å². The van der Waals surface area contributed by atoms with Crippen molar-refractivity contribution in [3.05, 3.63) is 24.3 Å². The van der Waals surface area contributed by atoms with E-state index in [4.69, 9.17) is 14.6 Å². The van der Waals surface area contributed by atoms with Crippen LogP contribution in [-0.2, 0) is 14.3 Å². The van der Waals surface area contributed by atoms with Gasteiger partial charge in [-0.05, 0) is 37.1 Å². The summed E-state index contributed by atoms with van der Waals surface area (Å²) in [5.41, 5.74) is -0.654. The van der Waals surface area contributed by atoms with Gasteiger partial charge in [0.05, 0.1) is 13.2 Å². The molecule has 2 N–H and O–H groups in total. The molecule has 112 valence electrons. The van der Waals surface area contributed by atoms with Crippen LogP contribution >= 0.6 is 0 Å². The highest BCUT2D eigenvalue weighted by Gasteiger charge is 2.57. The second-order valence-corrected chi connectivity index (χ2v) is 5.47. The molecular formula is C15H17NO5. The van der Waals surface area contributed by atoms with Gasteiger partial charge in [0.2, 0.25) is 5.91 Å². The van der Waals surface area contributed by atoms with Crippen molar-refractivity contribution < 1.29 is 24.2 Å². The molecule has 1 aliphatic carbocycles. The molecule has 1 aromatic carbocycles. The van der Waals surface area contributed by atoms with Gasteiger partial charge in [-0.25, -0.2) is 0 Å². The minimum absolute atomic E-state index is 0.0761. The molecule has 6 nitrogen and oxygen atoms in total. The first kappa shape index (κ1) is 13.9. The second kappa shape index (κ2) is 5.37. The molecule has 21 heavy (non-hydrogen) atoms. The summed E-state index contributed by atoms with van der Waals surface area (Å²) in [6, 6.07) is 6.94. The van der Waals surface area contributed by atoms with Gasteiger partial charge >= 0.3 is 5.97 Å². The lowest BCUT2D eigenvalue weighted by Gasteiger charge is -2.13. The van der Waals surface area contributed by atoms with Gasteiger partial charge in [-0.3, -0.25) is 9.59 Å². The number of nitrogens with one attached hydrogen (secondary N) is 1. The zero-order chi connectivity index (χ0) is 14.9. The molecule has 1 saturated heterocycles. The fourth-order valence-electron chi connectivity index (χ4n) is 2.33. The number of aliphatic carboxylic acids is 1. The van der Waals surface area contributed by atoms with Crippen LogP contribution in [0.5, 0.6) is 5.75 Å². The van der Waals surface area contributed by atoms with Crippen molar-refractivity contribution in [3.8, 4) is 5.75 Å². The van der Waals surface area contributed by atoms with E-state index in [2.05, 4.69) is 5.32 Å². The van der Waals surface area contributed by atoms with Crippen LogP contribution in [0.1, 0.15) is 19.3 Å². The number of carbonyl (C=O) groups is 2. The number of carboxylic acid groups (broad SMARTS) is 1. The largest absolute Gasteiger partial charge is 0.488 e. The average Bonchev–Trinajstić information content (AvgIpc) is 3.14. The Bertz CT molecular complexity index is 544. The number of rotatable bonds is 5. The molecule has 1 unspecified atom stereocenters. The summed E-state index contributed by atoms with van der Waals surface area (Å²) in [4.78, 5) is 23.0. The molecule has 3 rings (SSSR count). The fraction of sp³-hybridized carbons (Fsp3) is 0.467. The number of hydrogen-bond donors (Lipinski definition) is 2. The van der Waals surface area contributed by atoms with Crippen LogP contribution in [0.2, 0.25) is 0 Å². The van der Waals surface area contributed by atoms with Crippen LogP contribution in [-0.4, -0.2) is 36.3 Å². The van der Waals surface area contributed by atoms with Crippen LogP contribution in [0.15, 0.2) is 24.3 Å². The van der Waals surface area contributed by atoms with Crippen LogP contribution in [0.4, 0.5) is 5.69 Å². The van der Waals surface area contributed by atoms with Crippen LogP contribution in [0, 0.1) is 5.41 Å². The molecule has 1 saturated carbocycles. The van der Waals surface area contributed by atoms with Gasteiger partial charge in [-0.1, -0.05) is 0 Å². The normalized spacial score (nSPS) is 22.6. The van der Waals surface area contributed by atoms with E-state index in [0.717, 1.165) is 13.0 Å². The maximum atomic E-state index is 12.0. The number of benzene rings is 1. The van der Waals surface area contributed by atoms with E-state index in [1.165, 1.54) is 0 Å². The number of carboxylic acids is 1. The standard InChI is InChI=1S/C15H17NO5/c17-13(15(6-7-15)14(18)19)16-10-1-3-11(4-2-10)21-12-5-8-20-9-12/h1-4,12H,5-9H2,(H,16,17)(H,18,19). The smallest absolute Gasteiger partial charge is 0.319 e. The molecule has 1 atom stereocenters. The predicted molar refractivity (Wildman–Crippen MR) is 74.2 cm³/mol. The molecule has 6 heteroatoms. The molecule has 2 aliphatic rings. The van der Waals surface area contributed by atoms with Crippen molar-refractivity contribution in [2.24, 2.45) is 5.41 Å². The first-order valence-corrected chi connectivity index (χ1v) is 6.99. The van der Waals surface area contributed by atoms with E-state index in [0.29, 0.717) is 30.9 Å². The lowest BCUT2D eigenvalue weighted by Crippen LogP contribution is -2.31. The predicted octanol–water partition coefficient (Wildman–Crippen LogP) is 1.66. The molecule has 2 fully saturated rings. The van der Waals surface area contributed by atoms with E-state index in [-0.39, 0.29) is 6.10 Å². The van der Waals surface area contributed by atoms with Crippen LogP contribution in [0.25, 0.3) is 0 Å².